The molecule has 1 aliphatic carbocycles. The molecule has 11 heteroatoms. The zero-order chi connectivity index (χ0) is 30.3. The van der Waals surface area contributed by atoms with Gasteiger partial charge in [-0.05, 0) is 75.8 Å². The molecule has 1 aliphatic rings. The van der Waals surface area contributed by atoms with Crippen LogP contribution in [0.5, 0.6) is 0 Å². The SMILES string of the molecule is CCCCC[C@H](O)CC[C@@H]1[C@@H](C/C=C\CCCC(=O)OCCC=NS(=O)(=O)c2ccc(CC(C)=O)s2)[C@@H](O)C[C@H]1O. The Kier molecular flexibility index (Phi) is 16.0. The van der Waals surface area contributed by atoms with Crippen LogP contribution >= 0.6 is 11.3 Å². The van der Waals surface area contributed by atoms with E-state index in [1.165, 1.54) is 19.2 Å². The molecule has 5 atom stereocenters. The van der Waals surface area contributed by atoms with E-state index in [1.54, 1.807) is 6.07 Å². The van der Waals surface area contributed by atoms with E-state index in [9.17, 15) is 33.3 Å². The van der Waals surface area contributed by atoms with Gasteiger partial charge in [-0.25, -0.2) is 0 Å². The van der Waals surface area contributed by atoms with Crippen molar-refractivity contribution in [2.45, 2.75) is 120 Å². The number of hydrogen-bond donors (Lipinski definition) is 3. The minimum Gasteiger partial charge on any atom is -0.465 e. The molecule has 1 fully saturated rings. The average Bonchev–Trinajstić information content (AvgIpc) is 3.48. The van der Waals surface area contributed by atoms with E-state index >= 15 is 0 Å². The first-order chi connectivity index (χ1) is 19.5. The number of carbonyl (C=O) groups excluding carboxylic acids is 2. The molecule has 0 amide bonds. The number of aliphatic hydroxyl groups is 3. The highest BCUT2D eigenvalue weighted by molar-refractivity contribution is 7.92. The maximum absolute atomic E-state index is 12.3. The second-order valence-corrected chi connectivity index (χ2v) is 13.9. The summed E-state index contributed by atoms with van der Waals surface area (Å²) >= 11 is 1.02. The summed E-state index contributed by atoms with van der Waals surface area (Å²) in [6.07, 6.45) is 11.9. The Bertz CT molecular complexity index is 1100. The Morgan fingerprint density at radius 2 is 1.85 bits per heavy atom. The second kappa shape index (κ2) is 18.6. The lowest BCUT2D eigenvalue weighted by atomic mass is 9.85. The molecule has 3 N–H and O–H groups in total. The number of ether oxygens (including phenoxy) is 1. The van der Waals surface area contributed by atoms with Gasteiger partial charge in [0.15, 0.2) is 0 Å². The monoisotopic (exact) mass is 613 g/mol. The summed E-state index contributed by atoms with van der Waals surface area (Å²) < 4.78 is 33.4. The third-order valence-corrected chi connectivity index (χ3v) is 10.2. The van der Waals surface area contributed by atoms with E-state index in [0.29, 0.717) is 43.4 Å². The lowest BCUT2D eigenvalue weighted by Gasteiger charge is -2.23. The average molecular weight is 614 g/mol. The maximum atomic E-state index is 12.3. The van der Waals surface area contributed by atoms with Crippen molar-refractivity contribution in [2.75, 3.05) is 6.61 Å². The van der Waals surface area contributed by atoms with Crippen LogP contribution in [0.3, 0.4) is 0 Å². The predicted octanol–water partition coefficient (Wildman–Crippen LogP) is 4.77. The van der Waals surface area contributed by atoms with Crippen molar-refractivity contribution in [2.24, 2.45) is 16.2 Å². The summed E-state index contributed by atoms with van der Waals surface area (Å²) in [6.45, 7) is 3.61. The van der Waals surface area contributed by atoms with Crippen LogP contribution in [-0.4, -0.2) is 66.6 Å². The van der Waals surface area contributed by atoms with Crippen LogP contribution in [0.4, 0.5) is 0 Å². The fourth-order valence-corrected chi connectivity index (χ4v) is 7.46. The molecule has 0 unspecified atom stereocenters. The summed E-state index contributed by atoms with van der Waals surface area (Å²) in [4.78, 5) is 23.8. The van der Waals surface area contributed by atoms with E-state index in [-0.39, 0.29) is 59.8 Å². The Hall–Kier alpha value is -1.92. The van der Waals surface area contributed by atoms with Crippen LogP contribution < -0.4 is 0 Å². The summed E-state index contributed by atoms with van der Waals surface area (Å²) in [7, 11) is -3.84. The van der Waals surface area contributed by atoms with Gasteiger partial charge in [-0.1, -0.05) is 38.3 Å². The Labute approximate surface area is 248 Å². The predicted molar refractivity (Wildman–Crippen MR) is 161 cm³/mol. The molecule has 0 aliphatic heterocycles. The van der Waals surface area contributed by atoms with E-state index < -0.39 is 22.2 Å². The van der Waals surface area contributed by atoms with Crippen molar-refractivity contribution in [3.63, 3.8) is 0 Å². The number of ketones is 1. The summed E-state index contributed by atoms with van der Waals surface area (Å²) in [5.41, 5.74) is 0. The lowest BCUT2D eigenvalue weighted by Crippen LogP contribution is -2.23. The topological polar surface area (TPSA) is 151 Å². The van der Waals surface area contributed by atoms with Crippen molar-refractivity contribution in [1.29, 1.82) is 0 Å². The van der Waals surface area contributed by atoms with Gasteiger partial charge >= 0.3 is 5.97 Å². The van der Waals surface area contributed by atoms with Gasteiger partial charge in [-0.3, -0.25) is 9.59 Å². The first-order valence-electron chi connectivity index (χ1n) is 14.7. The minimum atomic E-state index is -3.84. The zero-order valence-corrected chi connectivity index (χ0v) is 26.0. The number of allylic oxidation sites excluding steroid dienone is 2. The van der Waals surface area contributed by atoms with Gasteiger partial charge in [-0.15, -0.1) is 11.3 Å². The largest absolute Gasteiger partial charge is 0.465 e. The quantitative estimate of drug-likeness (QED) is 0.0824. The summed E-state index contributed by atoms with van der Waals surface area (Å²) in [5.74, 6) is -0.481. The Morgan fingerprint density at radius 1 is 1.10 bits per heavy atom. The third-order valence-electron chi connectivity index (χ3n) is 7.36. The summed E-state index contributed by atoms with van der Waals surface area (Å²) in [5, 5.41) is 31.1. The maximum Gasteiger partial charge on any atom is 0.305 e. The van der Waals surface area contributed by atoms with Gasteiger partial charge in [0.1, 0.15) is 9.99 Å². The molecule has 232 valence electrons. The molecule has 0 spiro atoms. The number of rotatable bonds is 20. The number of unbranched alkanes of at least 4 members (excludes halogenated alkanes) is 3. The molecule has 0 saturated heterocycles. The number of carbonyl (C=O) groups is 2. The van der Waals surface area contributed by atoms with Crippen LogP contribution in [0.25, 0.3) is 0 Å². The number of aliphatic hydroxyl groups excluding tert-OH is 3. The van der Waals surface area contributed by atoms with Crippen LogP contribution in [-0.2, 0) is 30.8 Å². The normalized spacial score (nSPS) is 22.1. The number of nitrogens with zero attached hydrogens (tertiary/aromatic N) is 1. The highest BCUT2D eigenvalue weighted by Crippen LogP contribution is 2.38. The first kappa shape index (κ1) is 35.3. The molecule has 0 bridgehead atoms. The van der Waals surface area contributed by atoms with Crippen molar-refractivity contribution >= 4 is 39.3 Å². The lowest BCUT2D eigenvalue weighted by molar-refractivity contribution is -0.143. The smallest absolute Gasteiger partial charge is 0.305 e. The summed E-state index contributed by atoms with van der Waals surface area (Å²) in [6, 6.07) is 3.04. The number of Topliss-reactive ketones (excluding diaryl/α,β-unsaturated/α-hetero) is 1. The highest BCUT2D eigenvalue weighted by atomic mass is 32.2. The Balaban J connectivity index is 1.62. The second-order valence-electron chi connectivity index (χ2n) is 10.9. The molecule has 2 rings (SSSR count). The van der Waals surface area contributed by atoms with E-state index in [1.807, 2.05) is 12.2 Å². The molecular formula is C30H47NO8S2. The molecule has 1 aromatic rings. The van der Waals surface area contributed by atoms with Crippen molar-refractivity contribution < 1.29 is 38.1 Å². The Morgan fingerprint density at radius 3 is 2.59 bits per heavy atom. The van der Waals surface area contributed by atoms with Crippen LogP contribution in [0.15, 0.2) is 32.9 Å². The van der Waals surface area contributed by atoms with Gasteiger partial charge in [0, 0.05) is 30.4 Å². The van der Waals surface area contributed by atoms with Gasteiger partial charge in [0.2, 0.25) is 0 Å². The third kappa shape index (κ3) is 13.3. The standard InChI is InChI=1S/C30H47NO8S2/c1-3-4-7-11-23(33)14-16-26-25(27(34)21-28(26)35)12-8-5-6-9-13-29(36)39-19-10-18-31-41(37,38)30-17-15-24(40-30)20-22(2)32/h5,8,15,17-18,23,25-28,33-35H,3-4,6-7,9-14,16,19-21H2,1-2H3/b8-5-,31-18?/t23-,25+,26+,27-,28+/m0/s1. The highest BCUT2D eigenvalue weighted by Gasteiger charge is 2.40. The van der Waals surface area contributed by atoms with Crippen LogP contribution in [0.1, 0.15) is 95.8 Å². The molecule has 1 heterocycles. The molecule has 41 heavy (non-hydrogen) atoms. The van der Waals surface area contributed by atoms with E-state index in [2.05, 4.69) is 11.3 Å². The van der Waals surface area contributed by atoms with Gasteiger partial charge < -0.3 is 20.1 Å². The number of esters is 1. The van der Waals surface area contributed by atoms with Crippen molar-refractivity contribution in [1.82, 2.24) is 0 Å². The molecule has 1 saturated carbocycles. The fraction of sp³-hybridized carbons (Fsp3) is 0.700. The van der Waals surface area contributed by atoms with E-state index in [4.69, 9.17) is 4.74 Å². The minimum absolute atomic E-state index is 0.0292. The zero-order valence-electron chi connectivity index (χ0n) is 24.3. The van der Waals surface area contributed by atoms with Crippen LogP contribution in [0.2, 0.25) is 0 Å². The van der Waals surface area contributed by atoms with Crippen molar-refractivity contribution in [3.8, 4) is 0 Å². The number of thiophene rings is 1. The molecule has 0 aromatic carbocycles. The number of sulfonamides is 1. The van der Waals surface area contributed by atoms with E-state index in [0.717, 1.165) is 37.0 Å². The molecule has 0 radical (unpaired) electrons. The fourth-order valence-electron chi connectivity index (χ4n) is 5.14. The molecule has 1 aromatic heterocycles. The van der Waals surface area contributed by atoms with Gasteiger partial charge in [0.25, 0.3) is 10.0 Å². The van der Waals surface area contributed by atoms with Crippen LogP contribution in [0, 0.1) is 11.8 Å². The molecule has 9 nitrogen and oxygen atoms in total. The van der Waals surface area contributed by atoms with Crippen molar-refractivity contribution in [3.05, 3.63) is 29.2 Å². The molecular weight excluding hydrogens is 566 g/mol. The number of hydrogen-bond acceptors (Lipinski definition) is 9. The van der Waals surface area contributed by atoms with Gasteiger partial charge in [0.05, 0.1) is 24.9 Å². The first-order valence-corrected chi connectivity index (χ1v) is 17.0. The van der Waals surface area contributed by atoms with Gasteiger partial charge in [-0.2, -0.15) is 12.8 Å².